The number of benzene rings is 2. The molecule has 1 heterocycles. The molecule has 0 saturated heterocycles. The van der Waals surface area contributed by atoms with Gasteiger partial charge in [-0.15, -0.1) is 6.58 Å². The summed E-state index contributed by atoms with van der Waals surface area (Å²) in [7, 11) is -3.78. The molecule has 0 aromatic heterocycles. The van der Waals surface area contributed by atoms with E-state index in [9.17, 15) is 13.2 Å². The molecule has 5 nitrogen and oxygen atoms in total. The van der Waals surface area contributed by atoms with Crippen molar-refractivity contribution in [1.29, 1.82) is 0 Å². The number of nitrogens with one attached hydrogen (secondary N) is 1. The summed E-state index contributed by atoms with van der Waals surface area (Å²) in [6.45, 7) is 5.52. The average Bonchev–Trinajstić information content (AvgIpc) is 2.57. The Bertz CT molecular complexity index is 920. The van der Waals surface area contributed by atoms with Gasteiger partial charge in [-0.25, -0.2) is 8.42 Å². The molecule has 124 valence electrons. The molecular formula is C18H18N2O3S. The van der Waals surface area contributed by atoms with Crippen molar-refractivity contribution < 1.29 is 13.2 Å². The van der Waals surface area contributed by atoms with Crippen LogP contribution in [0.1, 0.15) is 5.56 Å². The standard InChI is InChI=1S/C18H18N2O3S/c1-3-10-19-18(21)12-20-16-9-8-13(2)11-15(16)14-6-4-5-7-17(14)24(20,22)23/h3-9,11H,1,10,12H2,2H3,(H,19,21). The van der Waals surface area contributed by atoms with E-state index in [1.165, 1.54) is 4.31 Å². The van der Waals surface area contributed by atoms with Crippen LogP contribution in [-0.4, -0.2) is 27.4 Å². The number of fused-ring (bicyclic) bond motifs is 3. The molecule has 0 atom stereocenters. The lowest BCUT2D eigenvalue weighted by atomic mass is 10.0. The minimum absolute atomic E-state index is 0.222. The van der Waals surface area contributed by atoms with Gasteiger partial charge in [-0.3, -0.25) is 9.10 Å². The van der Waals surface area contributed by atoms with Crippen molar-refractivity contribution in [2.24, 2.45) is 0 Å². The predicted octanol–water partition coefficient (Wildman–Crippen LogP) is 2.47. The predicted molar refractivity (Wildman–Crippen MR) is 94.4 cm³/mol. The molecule has 6 heteroatoms. The Balaban J connectivity index is 2.14. The van der Waals surface area contributed by atoms with E-state index < -0.39 is 10.0 Å². The first kappa shape index (κ1) is 16.3. The molecule has 2 aromatic carbocycles. The quantitative estimate of drug-likeness (QED) is 0.868. The van der Waals surface area contributed by atoms with E-state index in [-0.39, 0.29) is 17.3 Å². The molecule has 0 spiro atoms. The summed E-state index contributed by atoms with van der Waals surface area (Å²) in [4.78, 5) is 12.3. The van der Waals surface area contributed by atoms with Crippen LogP contribution in [-0.2, 0) is 14.8 Å². The summed E-state index contributed by atoms with van der Waals surface area (Å²) in [6.07, 6.45) is 1.55. The second kappa shape index (κ2) is 6.13. The fourth-order valence-electron chi connectivity index (χ4n) is 2.79. The zero-order valence-electron chi connectivity index (χ0n) is 13.3. The van der Waals surface area contributed by atoms with Gasteiger partial charge >= 0.3 is 0 Å². The van der Waals surface area contributed by atoms with Gasteiger partial charge in [0, 0.05) is 17.7 Å². The van der Waals surface area contributed by atoms with Gasteiger partial charge in [-0.2, -0.15) is 0 Å². The van der Waals surface area contributed by atoms with E-state index in [0.29, 0.717) is 17.8 Å². The smallest absolute Gasteiger partial charge is 0.265 e. The Kier molecular flexibility index (Phi) is 4.15. The second-order valence-corrected chi connectivity index (χ2v) is 7.45. The Morgan fingerprint density at radius 1 is 1.21 bits per heavy atom. The summed E-state index contributed by atoms with van der Waals surface area (Å²) in [5, 5.41) is 2.62. The number of nitrogens with zero attached hydrogens (tertiary/aromatic N) is 1. The SMILES string of the molecule is C=CCNC(=O)CN1c2ccc(C)cc2-c2ccccc2S1(=O)=O. The molecule has 1 aliphatic rings. The van der Waals surface area contributed by atoms with Crippen molar-refractivity contribution in [1.82, 2.24) is 5.32 Å². The third kappa shape index (κ3) is 2.69. The van der Waals surface area contributed by atoms with Crippen LogP contribution in [0.15, 0.2) is 60.0 Å². The van der Waals surface area contributed by atoms with Gasteiger partial charge in [-0.1, -0.05) is 35.9 Å². The first-order chi connectivity index (χ1) is 11.4. The summed E-state index contributed by atoms with van der Waals surface area (Å²) in [5.74, 6) is -0.371. The first-order valence-corrected chi connectivity index (χ1v) is 8.99. The molecule has 1 aliphatic heterocycles. The zero-order chi connectivity index (χ0) is 17.3. The van der Waals surface area contributed by atoms with E-state index in [2.05, 4.69) is 11.9 Å². The molecule has 1 amide bonds. The van der Waals surface area contributed by atoms with Crippen LogP contribution in [0.3, 0.4) is 0 Å². The van der Waals surface area contributed by atoms with Crippen molar-refractivity contribution in [2.45, 2.75) is 11.8 Å². The van der Waals surface area contributed by atoms with Gasteiger partial charge in [0.1, 0.15) is 6.54 Å². The van der Waals surface area contributed by atoms with E-state index in [0.717, 1.165) is 11.1 Å². The number of hydrogen-bond donors (Lipinski definition) is 1. The Labute approximate surface area is 141 Å². The van der Waals surface area contributed by atoms with Gasteiger partial charge < -0.3 is 5.32 Å². The molecule has 0 fully saturated rings. The molecule has 0 bridgehead atoms. The Morgan fingerprint density at radius 2 is 1.96 bits per heavy atom. The zero-order valence-corrected chi connectivity index (χ0v) is 14.1. The fraction of sp³-hybridized carbons (Fsp3) is 0.167. The summed E-state index contributed by atoms with van der Waals surface area (Å²) in [5.41, 5.74) is 3.03. The maximum atomic E-state index is 13.0. The Hall–Kier alpha value is -2.60. The third-order valence-electron chi connectivity index (χ3n) is 3.90. The lowest BCUT2D eigenvalue weighted by Crippen LogP contribution is -2.42. The number of rotatable bonds is 4. The molecule has 24 heavy (non-hydrogen) atoms. The average molecular weight is 342 g/mol. The molecule has 0 radical (unpaired) electrons. The van der Waals surface area contributed by atoms with Crippen LogP contribution in [0.4, 0.5) is 5.69 Å². The van der Waals surface area contributed by atoms with Crippen molar-refractivity contribution >= 4 is 21.6 Å². The van der Waals surface area contributed by atoms with Gasteiger partial charge in [0.25, 0.3) is 10.0 Å². The highest BCUT2D eigenvalue weighted by atomic mass is 32.2. The first-order valence-electron chi connectivity index (χ1n) is 7.55. The van der Waals surface area contributed by atoms with E-state index in [4.69, 9.17) is 0 Å². The molecule has 1 N–H and O–H groups in total. The number of aryl methyl sites for hydroxylation is 1. The van der Waals surface area contributed by atoms with Crippen LogP contribution in [0.25, 0.3) is 11.1 Å². The topological polar surface area (TPSA) is 66.5 Å². The summed E-state index contributed by atoms with van der Waals surface area (Å²) in [6, 6.07) is 12.4. The van der Waals surface area contributed by atoms with Gasteiger partial charge in [0.15, 0.2) is 0 Å². The highest BCUT2D eigenvalue weighted by Gasteiger charge is 2.35. The third-order valence-corrected chi connectivity index (χ3v) is 5.71. The molecular weight excluding hydrogens is 324 g/mol. The fourth-order valence-corrected chi connectivity index (χ4v) is 4.44. The van der Waals surface area contributed by atoms with Crippen LogP contribution >= 0.6 is 0 Å². The van der Waals surface area contributed by atoms with Crippen molar-refractivity contribution in [2.75, 3.05) is 17.4 Å². The van der Waals surface area contributed by atoms with Gasteiger partial charge in [0.05, 0.1) is 10.6 Å². The van der Waals surface area contributed by atoms with Crippen LogP contribution in [0, 0.1) is 6.92 Å². The minimum Gasteiger partial charge on any atom is -0.351 e. The number of anilines is 1. The van der Waals surface area contributed by atoms with Crippen molar-refractivity contribution in [3.8, 4) is 11.1 Å². The van der Waals surface area contributed by atoms with Gasteiger partial charge in [-0.05, 0) is 25.1 Å². The number of carbonyl (C=O) groups is 1. The molecule has 0 unspecified atom stereocenters. The lowest BCUT2D eigenvalue weighted by Gasteiger charge is -2.31. The number of carbonyl (C=O) groups excluding carboxylic acids is 1. The number of hydrogen-bond acceptors (Lipinski definition) is 3. The Morgan fingerprint density at radius 3 is 2.71 bits per heavy atom. The largest absolute Gasteiger partial charge is 0.351 e. The van der Waals surface area contributed by atoms with Crippen molar-refractivity contribution in [3.05, 3.63) is 60.7 Å². The molecule has 0 aliphatic carbocycles. The van der Waals surface area contributed by atoms with Crippen LogP contribution in [0.2, 0.25) is 0 Å². The van der Waals surface area contributed by atoms with Crippen LogP contribution in [0.5, 0.6) is 0 Å². The molecule has 0 saturated carbocycles. The maximum absolute atomic E-state index is 13.0. The number of sulfonamides is 1. The monoisotopic (exact) mass is 342 g/mol. The molecule has 2 aromatic rings. The molecule has 3 rings (SSSR count). The summed E-state index contributed by atoms with van der Waals surface area (Å²) < 4.78 is 27.1. The normalized spacial score (nSPS) is 14.5. The van der Waals surface area contributed by atoms with Crippen molar-refractivity contribution in [3.63, 3.8) is 0 Å². The number of amides is 1. The maximum Gasteiger partial charge on any atom is 0.265 e. The minimum atomic E-state index is -3.78. The van der Waals surface area contributed by atoms with E-state index in [1.807, 2.05) is 25.1 Å². The van der Waals surface area contributed by atoms with Crippen LogP contribution < -0.4 is 9.62 Å². The highest BCUT2D eigenvalue weighted by Crippen LogP contribution is 2.43. The summed E-state index contributed by atoms with van der Waals surface area (Å²) >= 11 is 0. The second-order valence-electron chi connectivity index (χ2n) is 5.62. The lowest BCUT2D eigenvalue weighted by molar-refractivity contribution is -0.119. The van der Waals surface area contributed by atoms with E-state index >= 15 is 0 Å². The highest BCUT2D eigenvalue weighted by molar-refractivity contribution is 7.93. The van der Waals surface area contributed by atoms with E-state index in [1.54, 1.807) is 30.3 Å². The van der Waals surface area contributed by atoms with Gasteiger partial charge in [0.2, 0.25) is 5.91 Å².